The van der Waals surface area contributed by atoms with E-state index in [2.05, 4.69) is 15.3 Å². The van der Waals surface area contributed by atoms with Crippen molar-refractivity contribution in [3.05, 3.63) is 85.1 Å². The number of aromatic nitrogens is 3. The molecule has 4 rings (SSSR count). The van der Waals surface area contributed by atoms with Gasteiger partial charge in [0.25, 0.3) is 5.91 Å². The number of fused-ring (bicyclic) bond motifs is 1. The average molecular weight is 358 g/mol. The number of imidazole rings is 1. The lowest BCUT2D eigenvalue weighted by atomic mass is 10.2. The Kier molecular flexibility index (Phi) is 4.78. The van der Waals surface area contributed by atoms with Crippen molar-refractivity contribution in [2.75, 3.05) is 11.9 Å². The van der Waals surface area contributed by atoms with Crippen LogP contribution in [0.2, 0.25) is 0 Å². The van der Waals surface area contributed by atoms with Crippen LogP contribution < -0.4 is 10.1 Å². The first kappa shape index (κ1) is 16.8. The Balaban J connectivity index is 1.47. The van der Waals surface area contributed by atoms with Gasteiger partial charge in [-0.2, -0.15) is 0 Å². The van der Waals surface area contributed by atoms with Gasteiger partial charge >= 0.3 is 0 Å². The lowest BCUT2D eigenvalue weighted by Gasteiger charge is -2.12. The third-order valence-electron chi connectivity index (χ3n) is 4.13. The van der Waals surface area contributed by atoms with Crippen LogP contribution in [0.4, 0.5) is 5.69 Å². The molecule has 0 fully saturated rings. The SMILES string of the molecule is O=C(Nc1ccccc1OCCn1ccnc1)c1ccc2ccccc2n1. The Hall–Kier alpha value is -3.67. The maximum absolute atomic E-state index is 12.6. The van der Waals surface area contributed by atoms with Gasteiger partial charge in [0, 0.05) is 17.8 Å². The first-order chi connectivity index (χ1) is 13.3. The van der Waals surface area contributed by atoms with Gasteiger partial charge in [0.15, 0.2) is 0 Å². The summed E-state index contributed by atoms with van der Waals surface area (Å²) in [5, 5.41) is 3.89. The van der Waals surface area contributed by atoms with Gasteiger partial charge < -0.3 is 14.6 Å². The maximum atomic E-state index is 12.6. The highest BCUT2D eigenvalue weighted by Crippen LogP contribution is 2.24. The zero-order chi connectivity index (χ0) is 18.5. The van der Waals surface area contributed by atoms with Crippen LogP contribution in [-0.4, -0.2) is 27.0 Å². The van der Waals surface area contributed by atoms with Crippen molar-refractivity contribution in [1.29, 1.82) is 0 Å². The van der Waals surface area contributed by atoms with E-state index in [9.17, 15) is 4.79 Å². The van der Waals surface area contributed by atoms with Gasteiger partial charge in [0.2, 0.25) is 0 Å². The van der Waals surface area contributed by atoms with Gasteiger partial charge in [0.1, 0.15) is 18.1 Å². The van der Waals surface area contributed by atoms with Gasteiger partial charge in [-0.15, -0.1) is 0 Å². The van der Waals surface area contributed by atoms with E-state index >= 15 is 0 Å². The molecule has 1 amide bonds. The lowest BCUT2D eigenvalue weighted by molar-refractivity contribution is 0.102. The molecule has 2 aromatic carbocycles. The van der Waals surface area contributed by atoms with Crippen LogP contribution in [0.1, 0.15) is 10.5 Å². The molecular weight excluding hydrogens is 340 g/mol. The number of pyridine rings is 1. The van der Waals surface area contributed by atoms with E-state index in [0.29, 0.717) is 30.3 Å². The third kappa shape index (κ3) is 3.95. The molecule has 2 aromatic heterocycles. The summed E-state index contributed by atoms with van der Waals surface area (Å²) < 4.78 is 7.76. The fourth-order valence-electron chi connectivity index (χ4n) is 2.75. The minimum atomic E-state index is -0.272. The van der Waals surface area contributed by atoms with Crippen LogP contribution in [-0.2, 0) is 6.54 Å². The molecule has 0 aliphatic carbocycles. The molecule has 134 valence electrons. The molecule has 0 atom stereocenters. The molecule has 0 saturated heterocycles. The Labute approximate surface area is 156 Å². The van der Waals surface area contributed by atoms with Gasteiger partial charge in [-0.25, -0.2) is 9.97 Å². The van der Waals surface area contributed by atoms with E-state index in [-0.39, 0.29) is 5.91 Å². The summed E-state index contributed by atoms with van der Waals surface area (Å²) >= 11 is 0. The summed E-state index contributed by atoms with van der Waals surface area (Å²) in [6, 6.07) is 18.7. The number of para-hydroxylation sites is 3. The normalized spacial score (nSPS) is 10.7. The lowest BCUT2D eigenvalue weighted by Crippen LogP contribution is -2.15. The molecule has 0 saturated carbocycles. The Bertz CT molecular complexity index is 1060. The first-order valence-corrected chi connectivity index (χ1v) is 8.64. The standard InChI is InChI=1S/C21H18N4O2/c26-21(19-10-9-16-5-1-2-6-17(16)23-19)24-18-7-3-4-8-20(18)27-14-13-25-12-11-22-15-25/h1-12,15H,13-14H2,(H,24,26). The van der Waals surface area contributed by atoms with E-state index in [0.717, 1.165) is 10.9 Å². The second-order valence-corrected chi connectivity index (χ2v) is 5.99. The number of anilines is 1. The van der Waals surface area contributed by atoms with E-state index in [1.165, 1.54) is 0 Å². The predicted octanol–water partition coefficient (Wildman–Crippen LogP) is 3.76. The van der Waals surface area contributed by atoms with Crippen molar-refractivity contribution in [2.45, 2.75) is 6.54 Å². The molecule has 0 radical (unpaired) electrons. The molecule has 27 heavy (non-hydrogen) atoms. The van der Waals surface area contributed by atoms with Gasteiger partial charge in [-0.1, -0.05) is 36.4 Å². The smallest absolute Gasteiger partial charge is 0.274 e. The number of rotatable bonds is 6. The number of carbonyl (C=O) groups excluding carboxylic acids is 1. The van der Waals surface area contributed by atoms with Crippen molar-refractivity contribution in [2.24, 2.45) is 0 Å². The number of benzene rings is 2. The van der Waals surface area contributed by atoms with Crippen LogP contribution in [0.3, 0.4) is 0 Å². The van der Waals surface area contributed by atoms with Crippen molar-refractivity contribution in [1.82, 2.24) is 14.5 Å². The summed E-state index contributed by atoms with van der Waals surface area (Å²) in [4.78, 5) is 21.1. The van der Waals surface area contributed by atoms with Gasteiger partial charge in [-0.05, 0) is 24.3 Å². The van der Waals surface area contributed by atoms with E-state index in [1.54, 1.807) is 18.6 Å². The van der Waals surface area contributed by atoms with Crippen LogP contribution in [0, 0.1) is 0 Å². The first-order valence-electron chi connectivity index (χ1n) is 8.64. The molecule has 0 aliphatic rings. The van der Waals surface area contributed by atoms with E-state index in [4.69, 9.17) is 4.74 Å². The highest BCUT2D eigenvalue weighted by molar-refractivity contribution is 6.04. The summed E-state index contributed by atoms with van der Waals surface area (Å²) in [6.45, 7) is 1.14. The van der Waals surface area contributed by atoms with Gasteiger partial charge in [0.05, 0.1) is 24.1 Å². The van der Waals surface area contributed by atoms with E-state index in [1.807, 2.05) is 65.4 Å². The summed E-state index contributed by atoms with van der Waals surface area (Å²) in [5.74, 6) is 0.346. The van der Waals surface area contributed by atoms with Crippen molar-refractivity contribution >= 4 is 22.5 Å². The fourth-order valence-corrected chi connectivity index (χ4v) is 2.75. The van der Waals surface area contributed by atoms with Crippen LogP contribution >= 0.6 is 0 Å². The monoisotopic (exact) mass is 358 g/mol. The molecule has 0 spiro atoms. The number of amides is 1. The number of carbonyl (C=O) groups is 1. The van der Waals surface area contributed by atoms with Crippen LogP contribution in [0.25, 0.3) is 10.9 Å². The van der Waals surface area contributed by atoms with Crippen LogP contribution in [0.15, 0.2) is 79.4 Å². The maximum Gasteiger partial charge on any atom is 0.274 e. The van der Waals surface area contributed by atoms with Gasteiger partial charge in [-0.3, -0.25) is 4.79 Å². The molecule has 0 bridgehead atoms. The molecule has 1 N–H and O–H groups in total. The topological polar surface area (TPSA) is 69.0 Å². The molecular formula is C21H18N4O2. The fraction of sp³-hybridized carbons (Fsp3) is 0.0952. The Morgan fingerprint density at radius 2 is 1.89 bits per heavy atom. The molecule has 0 aliphatic heterocycles. The highest BCUT2D eigenvalue weighted by atomic mass is 16.5. The molecule has 4 aromatic rings. The number of hydrogen-bond acceptors (Lipinski definition) is 4. The number of hydrogen-bond donors (Lipinski definition) is 1. The molecule has 6 heteroatoms. The quantitative estimate of drug-likeness (QED) is 0.570. The molecule has 0 unspecified atom stereocenters. The summed E-state index contributed by atoms with van der Waals surface area (Å²) in [5.41, 5.74) is 1.76. The Morgan fingerprint density at radius 1 is 1.04 bits per heavy atom. The summed E-state index contributed by atoms with van der Waals surface area (Å²) in [6.07, 6.45) is 5.34. The van der Waals surface area contributed by atoms with Crippen LogP contribution in [0.5, 0.6) is 5.75 Å². The number of nitrogens with zero attached hydrogens (tertiary/aromatic N) is 3. The minimum absolute atomic E-state index is 0.272. The largest absolute Gasteiger partial charge is 0.490 e. The number of nitrogens with one attached hydrogen (secondary N) is 1. The highest BCUT2D eigenvalue weighted by Gasteiger charge is 2.11. The second kappa shape index (κ2) is 7.70. The minimum Gasteiger partial charge on any atom is -0.490 e. The average Bonchev–Trinajstić information content (AvgIpc) is 3.22. The third-order valence-corrected chi connectivity index (χ3v) is 4.13. The second-order valence-electron chi connectivity index (χ2n) is 5.99. The zero-order valence-corrected chi connectivity index (χ0v) is 14.6. The Morgan fingerprint density at radius 3 is 2.78 bits per heavy atom. The molecule has 2 heterocycles. The van der Waals surface area contributed by atoms with E-state index < -0.39 is 0 Å². The summed E-state index contributed by atoms with van der Waals surface area (Å²) in [7, 11) is 0. The van der Waals surface area contributed by atoms with Crippen molar-refractivity contribution < 1.29 is 9.53 Å². The molecule has 6 nitrogen and oxygen atoms in total. The van der Waals surface area contributed by atoms with Crippen molar-refractivity contribution in [3.63, 3.8) is 0 Å². The zero-order valence-electron chi connectivity index (χ0n) is 14.6. The predicted molar refractivity (Wildman–Crippen MR) is 104 cm³/mol. The van der Waals surface area contributed by atoms with Crippen molar-refractivity contribution in [3.8, 4) is 5.75 Å². The number of ether oxygens (including phenoxy) is 1.